The first kappa shape index (κ1) is 9.99. The highest BCUT2D eigenvalue weighted by molar-refractivity contribution is 6.30. The summed E-state index contributed by atoms with van der Waals surface area (Å²) in [5, 5.41) is 10.1. The van der Waals surface area contributed by atoms with Gasteiger partial charge in [-0.25, -0.2) is 4.98 Å². The van der Waals surface area contributed by atoms with Gasteiger partial charge >= 0.3 is 0 Å². The van der Waals surface area contributed by atoms with Crippen LogP contribution in [0.3, 0.4) is 0 Å². The molecule has 0 saturated carbocycles. The minimum absolute atomic E-state index is 0.568. The van der Waals surface area contributed by atoms with E-state index in [0.29, 0.717) is 10.8 Å². The van der Waals surface area contributed by atoms with Crippen molar-refractivity contribution < 1.29 is 5.11 Å². The maximum Gasteiger partial charge on any atom is 0.134 e. The van der Waals surface area contributed by atoms with Crippen LogP contribution in [0.15, 0.2) is 0 Å². The third-order valence-electron chi connectivity index (χ3n) is 2.69. The van der Waals surface area contributed by atoms with Crippen LogP contribution in [0.5, 0.6) is 0 Å². The van der Waals surface area contributed by atoms with Crippen molar-refractivity contribution in [2.45, 2.75) is 45.3 Å². The fourth-order valence-electron chi connectivity index (χ4n) is 1.91. The van der Waals surface area contributed by atoms with E-state index in [4.69, 9.17) is 11.6 Å². The van der Waals surface area contributed by atoms with Crippen LogP contribution in [0.25, 0.3) is 0 Å². The highest BCUT2D eigenvalue weighted by atomic mass is 35.5. The molecule has 1 N–H and O–H groups in total. The summed E-state index contributed by atoms with van der Waals surface area (Å²) in [4.78, 5) is 4.39. The van der Waals surface area contributed by atoms with Gasteiger partial charge < -0.3 is 9.67 Å². The van der Waals surface area contributed by atoms with Gasteiger partial charge in [0, 0.05) is 13.0 Å². The van der Waals surface area contributed by atoms with E-state index in [9.17, 15) is 5.11 Å². The molecule has 14 heavy (non-hydrogen) atoms. The van der Waals surface area contributed by atoms with E-state index in [1.54, 1.807) is 6.92 Å². The molecule has 0 saturated heterocycles. The molecule has 1 aliphatic rings. The summed E-state index contributed by atoms with van der Waals surface area (Å²) in [5.41, 5.74) is 0.628. The molecule has 0 aromatic carbocycles. The quantitative estimate of drug-likeness (QED) is 0.779. The molecule has 1 aliphatic heterocycles. The summed E-state index contributed by atoms with van der Waals surface area (Å²) in [7, 11) is 0. The molecule has 78 valence electrons. The molecule has 4 heteroatoms. The molecular weight excluding hydrogens is 200 g/mol. The third kappa shape index (κ3) is 1.66. The maximum absolute atomic E-state index is 9.46. The lowest BCUT2D eigenvalue weighted by Gasteiger charge is -2.04. The van der Waals surface area contributed by atoms with Crippen molar-refractivity contribution in [2.24, 2.45) is 0 Å². The fraction of sp³-hybridized carbons (Fsp3) is 0.700. The number of rotatable bonds is 1. The zero-order valence-corrected chi connectivity index (χ0v) is 9.09. The number of aryl methyl sites for hydroxylation is 1. The highest BCUT2D eigenvalue weighted by Crippen LogP contribution is 2.26. The fourth-order valence-corrected chi connectivity index (χ4v) is 2.29. The van der Waals surface area contributed by atoms with Gasteiger partial charge in [0.1, 0.15) is 16.7 Å². The van der Waals surface area contributed by atoms with Gasteiger partial charge in [0.05, 0.1) is 6.10 Å². The van der Waals surface area contributed by atoms with Gasteiger partial charge in [-0.05, 0) is 19.8 Å². The van der Waals surface area contributed by atoms with Gasteiger partial charge in [0.15, 0.2) is 0 Å². The second kappa shape index (κ2) is 3.91. The number of aliphatic hydroxyl groups is 1. The van der Waals surface area contributed by atoms with Crippen LogP contribution in [-0.2, 0) is 13.0 Å². The van der Waals surface area contributed by atoms with Crippen molar-refractivity contribution >= 4 is 11.6 Å². The Morgan fingerprint density at radius 3 is 2.93 bits per heavy atom. The van der Waals surface area contributed by atoms with Crippen molar-refractivity contribution in [2.75, 3.05) is 0 Å². The number of hydrogen-bond acceptors (Lipinski definition) is 2. The molecule has 0 fully saturated rings. The minimum Gasteiger partial charge on any atom is -0.387 e. The lowest BCUT2D eigenvalue weighted by Crippen LogP contribution is -2.00. The first-order valence-electron chi connectivity index (χ1n) is 5.13. The molecule has 1 aromatic rings. The Hall–Kier alpha value is -0.540. The number of aromatic nitrogens is 2. The van der Waals surface area contributed by atoms with Gasteiger partial charge in [-0.3, -0.25) is 0 Å². The molecule has 2 rings (SSSR count). The summed E-state index contributed by atoms with van der Waals surface area (Å²) in [6.07, 6.45) is 3.98. The van der Waals surface area contributed by atoms with E-state index in [0.717, 1.165) is 25.2 Å². The normalized spacial score (nSPS) is 18.8. The number of imidazole rings is 1. The third-order valence-corrected chi connectivity index (χ3v) is 3.08. The first-order valence-corrected chi connectivity index (χ1v) is 5.51. The van der Waals surface area contributed by atoms with Crippen molar-refractivity contribution in [3.05, 3.63) is 16.7 Å². The van der Waals surface area contributed by atoms with Crippen LogP contribution in [-0.4, -0.2) is 14.7 Å². The lowest BCUT2D eigenvalue weighted by atomic mass is 10.2. The van der Waals surface area contributed by atoms with E-state index in [2.05, 4.69) is 4.98 Å². The number of nitrogens with zero attached hydrogens (tertiary/aromatic N) is 2. The molecule has 1 aromatic heterocycles. The van der Waals surface area contributed by atoms with Crippen LogP contribution < -0.4 is 0 Å². The van der Waals surface area contributed by atoms with Crippen LogP contribution in [0.2, 0.25) is 5.15 Å². The Morgan fingerprint density at radius 2 is 2.21 bits per heavy atom. The van der Waals surface area contributed by atoms with Gasteiger partial charge in [-0.2, -0.15) is 0 Å². The number of hydrogen-bond donors (Lipinski definition) is 1. The van der Waals surface area contributed by atoms with E-state index >= 15 is 0 Å². The molecule has 0 radical (unpaired) electrons. The van der Waals surface area contributed by atoms with Crippen molar-refractivity contribution in [3.63, 3.8) is 0 Å². The van der Waals surface area contributed by atoms with E-state index < -0.39 is 6.10 Å². The van der Waals surface area contributed by atoms with Crippen LogP contribution in [0.4, 0.5) is 0 Å². The molecular formula is C10H15ClN2O. The Morgan fingerprint density at radius 1 is 1.43 bits per heavy atom. The monoisotopic (exact) mass is 214 g/mol. The van der Waals surface area contributed by atoms with Gasteiger partial charge in [-0.1, -0.05) is 18.0 Å². The summed E-state index contributed by atoms with van der Waals surface area (Å²) in [6, 6.07) is 0. The minimum atomic E-state index is -0.568. The van der Waals surface area contributed by atoms with Crippen molar-refractivity contribution in [1.82, 2.24) is 9.55 Å². The van der Waals surface area contributed by atoms with Crippen LogP contribution >= 0.6 is 11.6 Å². The molecule has 2 heterocycles. The predicted molar refractivity (Wildman–Crippen MR) is 55.4 cm³/mol. The summed E-state index contributed by atoms with van der Waals surface area (Å²) in [5.74, 6) is 1.03. The first-order chi connectivity index (χ1) is 6.70. The van der Waals surface area contributed by atoms with Crippen molar-refractivity contribution in [1.29, 1.82) is 0 Å². The Bertz CT molecular complexity index is 333. The number of aliphatic hydroxyl groups excluding tert-OH is 1. The van der Waals surface area contributed by atoms with Gasteiger partial charge in [-0.15, -0.1) is 0 Å². The van der Waals surface area contributed by atoms with E-state index in [1.807, 2.05) is 4.57 Å². The molecule has 1 atom stereocenters. The predicted octanol–water partition coefficient (Wildman–Crippen LogP) is 2.32. The van der Waals surface area contributed by atoms with Gasteiger partial charge in [0.25, 0.3) is 0 Å². The Labute approximate surface area is 88.7 Å². The van der Waals surface area contributed by atoms with Crippen molar-refractivity contribution in [3.8, 4) is 0 Å². The molecule has 0 amide bonds. The summed E-state index contributed by atoms with van der Waals surface area (Å²) < 4.78 is 2.04. The molecule has 0 spiro atoms. The van der Waals surface area contributed by atoms with Crippen LogP contribution in [0.1, 0.15) is 43.8 Å². The summed E-state index contributed by atoms with van der Waals surface area (Å²) in [6.45, 7) is 2.64. The lowest BCUT2D eigenvalue weighted by molar-refractivity contribution is 0.194. The smallest absolute Gasteiger partial charge is 0.134 e. The zero-order valence-electron chi connectivity index (χ0n) is 8.33. The second-order valence-electron chi connectivity index (χ2n) is 3.84. The highest BCUT2D eigenvalue weighted by Gasteiger charge is 2.19. The number of fused-ring (bicyclic) bond motifs is 1. The molecule has 1 unspecified atom stereocenters. The van der Waals surface area contributed by atoms with E-state index in [-0.39, 0.29) is 0 Å². The Kier molecular flexibility index (Phi) is 2.79. The molecule has 3 nitrogen and oxygen atoms in total. The molecule has 0 bridgehead atoms. The second-order valence-corrected chi connectivity index (χ2v) is 4.20. The van der Waals surface area contributed by atoms with Crippen LogP contribution in [0, 0.1) is 0 Å². The van der Waals surface area contributed by atoms with E-state index in [1.165, 1.54) is 12.8 Å². The van der Waals surface area contributed by atoms with Gasteiger partial charge in [0.2, 0.25) is 0 Å². The largest absolute Gasteiger partial charge is 0.387 e. The standard InChI is InChI=1S/C10H15ClN2O/c1-7(14)9-10(11)13-6-4-2-3-5-8(13)12-9/h7,14H,2-6H2,1H3. The maximum atomic E-state index is 9.46. The summed E-state index contributed by atoms with van der Waals surface area (Å²) >= 11 is 6.15. The topological polar surface area (TPSA) is 38.1 Å². The number of halogens is 1. The average molecular weight is 215 g/mol. The zero-order chi connectivity index (χ0) is 10.1. The SMILES string of the molecule is CC(O)c1nc2n(c1Cl)CCCCC2. The Balaban J connectivity index is 2.40. The average Bonchev–Trinajstić information content (AvgIpc) is 2.37. The molecule has 0 aliphatic carbocycles.